The van der Waals surface area contributed by atoms with E-state index in [1.807, 2.05) is 14.1 Å². The van der Waals surface area contributed by atoms with Crippen molar-refractivity contribution in [2.24, 2.45) is 0 Å². The molecule has 0 N–H and O–H groups in total. The fourth-order valence-corrected chi connectivity index (χ4v) is 2.65. The minimum atomic E-state index is 0.186. The Hall–Kier alpha value is -0.730. The number of nitrogens with zero attached hydrogens (tertiary/aromatic N) is 1. The summed E-state index contributed by atoms with van der Waals surface area (Å²) in [5, 5.41) is 0. The number of rotatable bonds is 4. The second-order valence-electron chi connectivity index (χ2n) is 4.72. The van der Waals surface area contributed by atoms with Crippen LogP contribution in [0.1, 0.15) is 28.3 Å². The van der Waals surface area contributed by atoms with E-state index >= 15 is 0 Å². The van der Waals surface area contributed by atoms with Crippen LogP contribution in [0.4, 0.5) is 0 Å². The maximum atomic E-state index is 6.09. The minimum absolute atomic E-state index is 0.186. The summed E-state index contributed by atoms with van der Waals surface area (Å²) in [7, 11) is 5.81. The van der Waals surface area contributed by atoms with Gasteiger partial charge in [-0.1, -0.05) is 6.07 Å². The van der Waals surface area contributed by atoms with Crippen molar-refractivity contribution in [3.05, 3.63) is 28.3 Å². The number of alkyl halides is 1. The molecule has 0 fully saturated rings. The molecule has 1 unspecified atom stereocenters. The van der Waals surface area contributed by atoms with E-state index in [4.69, 9.17) is 16.3 Å². The summed E-state index contributed by atoms with van der Waals surface area (Å²) in [4.78, 5) is 2.13. The van der Waals surface area contributed by atoms with E-state index < -0.39 is 0 Å². The van der Waals surface area contributed by atoms with E-state index in [2.05, 4.69) is 31.7 Å². The fraction of sp³-hybridized carbons (Fsp3) is 0.571. The topological polar surface area (TPSA) is 12.5 Å². The monoisotopic (exact) mass is 255 g/mol. The van der Waals surface area contributed by atoms with Crippen LogP contribution >= 0.6 is 11.6 Å². The van der Waals surface area contributed by atoms with Gasteiger partial charge in [0.15, 0.2) is 0 Å². The van der Waals surface area contributed by atoms with Gasteiger partial charge in [-0.15, -0.1) is 11.6 Å². The first-order valence-electron chi connectivity index (χ1n) is 5.81. The molecule has 2 nitrogen and oxygen atoms in total. The third-order valence-electron chi connectivity index (χ3n) is 3.34. The number of aryl methyl sites for hydroxylation is 2. The number of halogens is 1. The molecule has 17 heavy (non-hydrogen) atoms. The van der Waals surface area contributed by atoms with E-state index in [9.17, 15) is 0 Å². The summed E-state index contributed by atoms with van der Waals surface area (Å²) in [5.74, 6) is 1.54. The molecule has 0 aliphatic rings. The number of ether oxygens (including phenoxy) is 1. The van der Waals surface area contributed by atoms with Crippen molar-refractivity contribution in [2.45, 2.75) is 26.8 Å². The van der Waals surface area contributed by atoms with Gasteiger partial charge in [0.2, 0.25) is 0 Å². The zero-order valence-corrected chi connectivity index (χ0v) is 12.4. The van der Waals surface area contributed by atoms with Crippen LogP contribution in [0.5, 0.6) is 5.75 Å². The van der Waals surface area contributed by atoms with E-state index in [0.717, 1.165) is 5.75 Å². The van der Waals surface area contributed by atoms with Gasteiger partial charge in [0.05, 0.1) is 13.2 Å². The summed E-state index contributed by atoms with van der Waals surface area (Å²) in [6.45, 7) is 6.32. The lowest BCUT2D eigenvalue weighted by atomic mass is 9.94. The van der Waals surface area contributed by atoms with E-state index in [-0.39, 0.29) is 6.04 Å². The lowest BCUT2D eigenvalue weighted by molar-refractivity contribution is 0.309. The normalized spacial score (nSPS) is 12.9. The van der Waals surface area contributed by atoms with Crippen LogP contribution in [0.3, 0.4) is 0 Å². The first-order valence-corrected chi connectivity index (χ1v) is 6.34. The van der Waals surface area contributed by atoms with Crippen LogP contribution in [-0.4, -0.2) is 32.0 Å². The summed E-state index contributed by atoms with van der Waals surface area (Å²) in [6.07, 6.45) is 0. The molecule has 0 saturated carbocycles. The first kappa shape index (κ1) is 14.3. The molecule has 0 aliphatic carbocycles. The molecule has 1 aromatic rings. The number of hydrogen-bond donors (Lipinski definition) is 0. The summed E-state index contributed by atoms with van der Waals surface area (Å²) < 4.78 is 5.59. The average Bonchev–Trinajstić information content (AvgIpc) is 2.26. The van der Waals surface area contributed by atoms with Gasteiger partial charge in [-0.2, -0.15) is 0 Å². The maximum absolute atomic E-state index is 6.09. The van der Waals surface area contributed by atoms with Crippen LogP contribution in [0, 0.1) is 20.8 Å². The minimum Gasteiger partial charge on any atom is -0.496 e. The van der Waals surface area contributed by atoms with Crippen molar-refractivity contribution in [1.82, 2.24) is 4.90 Å². The Morgan fingerprint density at radius 3 is 2.24 bits per heavy atom. The number of benzene rings is 1. The molecule has 3 heteroatoms. The van der Waals surface area contributed by atoms with Crippen molar-refractivity contribution in [3.63, 3.8) is 0 Å². The lowest BCUT2D eigenvalue weighted by Crippen LogP contribution is -2.23. The molecule has 1 aromatic carbocycles. The molecule has 0 heterocycles. The van der Waals surface area contributed by atoms with Gasteiger partial charge in [0.1, 0.15) is 5.75 Å². The lowest BCUT2D eigenvalue weighted by Gasteiger charge is -2.27. The summed E-state index contributed by atoms with van der Waals surface area (Å²) in [5.41, 5.74) is 4.90. The van der Waals surface area contributed by atoms with Gasteiger partial charge < -0.3 is 9.64 Å². The third kappa shape index (κ3) is 2.75. The van der Waals surface area contributed by atoms with Crippen molar-refractivity contribution in [1.29, 1.82) is 0 Å². The van der Waals surface area contributed by atoms with Gasteiger partial charge in [-0.25, -0.2) is 0 Å². The second-order valence-corrected chi connectivity index (χ2v) is 5.02. The van der Waals surface area contributed by atoms with E-state index in [1.165, 1.54) is 22.3 Å². The molecule has 1 atom stereocenters. The molecular weight excluding hydrogens is 234 g/mol. The zero-order valence-electron chi connectivity index (χ0n) is 11.6. The Balaban J connectivity index is 3.45. The molecule has 0 amide bonds. The number of methoxy groups -OCH3 is 1. The Bertz CT molecular complexity index is 402. The molecule has 0 spiro atoms. The Kier molecular flexibility index (Phi) is 4.84. The number of hydrogen-bond acceptors (Lipinski definition) is 2. The first-order chi connectivity index (χ1) is 7.93. The average molecular weight is 256 g/mol. The van der Waals surface area contributed by atoms with Crippen molar-refractivity contribution in [3.8, 4) is 5.75 Å². The molecule has 0 aromatic heterocycles. The Morgan fingerprint density at radius 1 is 1.24 bits per heavy atom. The highest BCUT2D eigenvalue weighted by Crippen LogP contribution is 2.36. The molecule has 1 rings (SSSR count). The molecular formula is C14H22ClNO. The third-order valence-corrected chi connectivity index (χ3v) is 3.63. The van der Waals surface area contributed by atoms with Gasteiger partial charge >= 0.3 is 0 Å². The van der Waals surface area contributed by atoms with E-state index in [1.54, 1.807) is 7.11 Å². The molecule has 0 radical (unpaired) electrons. The van der Waals surface area contributed by atoms with Crippen LogP contribution in [-0.2, 0) is 0 Å². The van der Waals surface area contributed by atoms with Crippen LogP contribution in [0.2, 0.25) is 0 Å². The highest BCUT2D eigenvalue weighted by Gasteiger charge is 2.22. The maximum Gasteiger partial charge on any atom is 0.127 e. The van der Waals surface area contributed by atoms with Crippen LogP contribution < -0.4 is 4.74 Å². The molecule has 0 aliphatic heterocycles. The van der Waals surface area contributed by atoms with Gasteiger partial charge in [-0.3, -0.25) is 0 Å². The van der Waals surface area contributed by atoms with Crippen LogP contribution in [0.15, 0.2) is 6.07 Å². The van der Waals surface area contributed by atoms with Gasteiger partial charge in [0.25, 0.3) is 0 Å². The van der Waals surface area contributed by atoms with Crippen molar-refractivity contribution >= 4 is 11.6 Å². The summed E-state index contributed by atoms with van der Waals surface area (Å²) in [6, 6.07) is 2.39. The highest BCUT2D eigenvalue weighted by molar-refractivity contribution is 6.18. The van der Waals surface area contributed by atoms with Gasteiger partial charge in [0, 0.05) is 11.4 Å². The fourth-order valence-electron chi connectivity index (χ4n) is 2.22. The zero-order chi connectivity index (χ0) is 13.2. The predicted octanol–water partition coefficient (Wildman–Crippen LogP) is 3.46. The molecule has 96 valence electrons. The second kappa shape index (κ2) is 5.74. The molecule has 0 bridgehead atoms. The van der Waals surface area contributed by atoms with Crippen molar-refractivity contribution < 1.29 is 4.74 Å². The highest BCUT2D eigenvalue weighted by atomic mass is 35.5. The standard InChI is InChI=1S/C14H22ClNO/c1-9-7-10(2)13(12(8-15)16(4)5)14(17-6)11(9)3/h7,12H,8H2,1-6H3. The van der Waals surface area contributed by atoms with Crippen molar-refractivity contribution in [2.75, 3.05) is 27.1 Å². The smallest absolute Gasteiger partial charge is 0.127 e. The SMILES string of the molecule is COc1c(C)c(C)cc(C)c1C(CCl)N(C)C. The quantitative estimate of drug-likeness (QED) is 0.764. The van der Waals surface area contributed by atoms with Crippen LogP contribution in [0.25, 0.3) is 0 Å². The molecule has 0 saturated heterocycles. The summed E-state index contributed by atoms with van der Waals surface area (Å²) >= 11 is 6.09. The Morgan fingerprint density at radius 2 is 1.82 bits per heavy atom. The predicted molar refractivity (Wildman–Crippen MR) is 74.4 cm³/mol. The van der Waals surface area contributed by atoms with E-state index in [0.29, 0.717) is 5.88 Å². The Labute approximate surface area is 110 Å². The van der Waals surface area contributed by atoms with Gasteiger partial charge in [-0.05, 0) is 51.6 Å². The largest absolute Gasteiger partial charge is 0.496 e.